The Morgan fingerprint density at radius 2 is 0.704 bits per heavy atom. The minimum absolute atomic E-state index is 0.0105. The molecule has 0 radical (unpaired) electrons. The van der Waals surface area contributed by atoms with Crippen LogP contribution in [0.5, 0.6) is 0 Å². The van der Waals surface area contributed by atoms with Crippen LogP contribution in [0.1, 0.15) is 393 Å². The molecule has 0 aromatic rings. The average Bonchev–Trinajstić information content (AvgIpc) is 0.824. The van der Waals surface area contributed by atoms with Gasteiger partial charge in [0.1, 0.15) is 24.4 Å². The van der Waals surface area contributed by atoms with Gasteiger partial charge in [0.15, 0.2) is 6.29 Å². The molecule has 0 spiro atoms. The normalized spacial score (nSPS) is 17.6. The molecule has 6 N–H and O–H groups in total. The van der Waals surface area contributed by atoms with Crippen molar-refractivity contribution < 1.29 is 49.3 Å². The van der Waals surface area contributed by atoms with Crippen LogP contribution in [0.15, 0.2) is 85.1 Å². The van der Waals surface area contributed by atoms with E-state index in [1.54, 1.807) is 6.08 Å². The van der Waals surface area contributed by atoms with E-state index in [1.165, 1.54) is 283 Å². The smallest absolute Gasteiger partial charge is 0.305 e. The van der Waals surface area contributed by atoms with Gasteiger partial charge < -0.3 is 45.1 Å². The molecule has 570 valence electrons. The lowest BCUT2D eigenvalue weighted by Gasteiger charge is -2.40. The number of amides is 1. The molecule has 1 aliphatic heterocycles. The maximum Gasteiger partial charge on any atom is 0.305 e. The van der Waals surface area contributed by atoms with Gasteiger partial charge in [0.25, 0.3) is 0 Å². The van der Waals surface area contributed by atoms with Gasteiger partial charge in [-0.1, -0.05) is 349 Å². The number of rotatable bonds is 74. The summed E-state index contributed by atoms with van der Waals surface area (Å²) in [4.78, 5) is 25.2. The van der Waals surface area contributed by atoms with E-state index in [-0.39, 0.29) is 18.5 Å². The summed E-state index contributed by atoms with van der Waals surface area (Å²) in [7, 11) is 0. The monoisotopic (exact) mass is 1380 g/mol. The topological polar surface area (TPSA) is 175 Å². The van der Waals surface area contributed by atoms with Gasteiger partial charge in [-0.3, -0.25) is 9.59 Å². The molecular formula is C87H157NO10. The quantitative estimate of drug-likeness (QED) is 0.0195. The maximum absolute atomic E-state index is 13.1. The summed E-state index contributed by atoms with van der Waals surface area (Å²) in [6, 6.07) is -0.834. The van der Waals surface area contributed by atoms with E-state index in [2.05, 4.69) is 92.1 Å². The van der Waals surface area contributed by atoms with E-state index in [9.17, 15) is 35.1 Å². The van der Waals surface area contributed by atoms with Crippen molar-refractivity contribution in [2.24, 2.45) is 0 Å². The van der Waals surface area contributed by atoms with E-state index in [0.717, 1.165) is 83.5 Å². The Bertz CT molecular complexity index is 1910. The first-order chi connectivity index (χ1) is 48.2. The minimum Gasteiger partial charge on any atom is -0.466 e. The van der Waals surface area contributed by atoms with Crippen LogP contribution in [0, 0.1) is 0 Å². The average molecular weight is 1380 g/mol. The number of ether oxygens (including phenoxy) is 3. The fourth-order valence-corrected chi connectivity index (χ4v) is 12.9. The second-order valence-electron chi connectivity index (χ2n) is 28.8. The third-order valence-corrected chi connectivity index (χ3v) is 19.4. The van der Waals surface area contributed by atoms with E-state index in [4.69, 9.17) is 14.2 Å². The fraction of sp³-hybridized carbons (Fsp3) is 0.816. The summed E-state index contributed by atoms with van der Waals surface area (Å²) in [5.74, 6) is -0.183. The van der Waals surface area contributed by atoms with Crippen molar-refractivity contribution in [3.63, 3.8) is 0 Å². The standard InChI is InChI=1S/C87H157NO10/c1-3-5-7-9-11-13-15-17-18-19-41-45-48-51-55-59-63-67-71-75-83(92)96-76-72-68-64-60-56-52-49-46-43-40-38-36-34-32-30-28-26-24-22-20-21-23-25-27-29-31-33-35-37-39-42-44-47-50-54-58-62-66-70-74-82(91)88-79(78-97-87-86(95)85(94)84(93)81(77-89)98-87)80(90)73-69-65-61-57-53-16-14-12-10-8-6-4-2/h10-13,17-18,20-21,24,26,53,57,69,73,79-81,84-87,89-90,93-95H,3-9,14-16,19,22-23,25,27-52,54-56,58-68,70-72,74-78H2,1-2H3,(H,88,91)/b12-10+,13-11-,18-17-,21-20-,26-24-,57-53+,73-69+. The second-order valence-corrected chi connectivity index (χ2v) is 28.8. The van der Waals surface area contributed by atoms with E-state index in [0.29, 0.717) is 19.4 Å². The largest absolute Gasteiger partial charge is 0.466 e. The van der Waals surface area contributed by atoms with Crippen molar-refractivity contribution in [2.75, 3.05) is 19.8 Å². The third-order valence-electron chi connectivity index (χ3n) is 19.4. The van der Waals surface area contributed by atoms with Crippen LogP contribution in [0.3, 0.4) is 0 Å². The Hall–Kier alpha value is -3.16. The molecule has 0 aromatic carbocycles. The Morgan fingerprint density at radius 3 is 1.10 bits per heavy atom. The van der Waals surface area contributed by atoms with Gasteiger partial charge in [-0.15, -0.1) is 0 Å². The van der Waals surface area contributed by atoms with Gasteiger partial charge >= 0.3 is 5.97 Å². The van der Waals surface area contributed by atoms with Crippen LogP contribution in [0.4, 0.5) is 0 Å². The zero-order valence-electron chi connectivity index (χ0n) is 63.7. The van der Waals surface area contributed by atoms with Crippen molar-refractivity contribution in [3.05, 3.63) is 85.1 Å². The molecule has 0 aliphatic carbocycles. The highest BCUT2D eigenvalue weighted by Gasteiger charge is 2.44. The van der Waals surface area contributed by atoms with Crippen molar-refractivity contribution in [3.8, 4) is 0 Å². The molecule has 11 heteroatoms. The summed E-state index contributed by atoms with van der Waals surface area (Å²) >= 11 is 0. The highest BCUT2D eigenvalue weighted by atomic mass is 16.7. The van der Waals surface area contributed by atoms with Gasteiger partial charge in [0.05, 0.1) is 32.0 Å². The predicted octanol–water partition coefficient (Wildman–Crippen LogP) is 23.1. The van der Waals surface area contributed by atoms with Crippen LogP contribution in [-0.2, 0) is 23.8 Å². The molecule has 1 saturated heterocycles. The number of carbonyl (C=O) groups excluding carboxylic acids is 2. The SMILES string of the molecule is CCCC/C=C/CC/C=C/CC/C=C/C(O)C(COC1OC(CO)C(O)C(O)C1O)NC(=O)CCCCCCCCCCCCCCCCCCC/C=C\C/C=C\CCCCCCCCCCCCCCCCCOC(=O)CCCCCCCCCCC/C=C\C/C=C\CCCCC. The van der Waals surface area contributed by atoms with Crippen LogP contribution < -0.4 is 5.32 Å². The van der Waals surface area contributed by atoms with Crippen LogP contribution in [0.2, 0.25) is 0 Å². The summed E-state index contributed by atoms with van der Waals surface area (Å²) in [5, 5.41) is 54.5. The van der Waals surface area contributed by atoms with Crippen molar-refractivity contribution in [2.45, 2.75) is 436 Å². The first-order valence-corrected chi connectivity index (χ1v) is 41.9. The predicted molar refractivity (Wildman–Crippen MR) is 416 cm³/mol. The molecule has 1 heterocycles. The number of allylic oxidation sites excluding steroid dienone is 13. The summed E-state index contributed by atoms with van der Waals surface area (Å²) in [5.41, 5.74) is 0. The summed E-state index contributed by atoms with van der Waals surface area (Å²) in [6.07, 6.45) is 95.0. The summed E-state index contributed by atoms with van der Waals surface area (Å²) < 4.78 is 16.8. The Labute approximate surface area is 603 Å². The zero-order chi connectivity index (χ0) is 70.8. The van der Waals surface area contributed by atoms with Gasteiger partial charge in [-0.25, -0.2) is 0 Å². The Balaban J connectivity index is 1.88. The number of aliphatic hydroxyl groups excluding tert-OH is 5. The van der Waals surface area contributed by atoms with Gasteiger partial charge in [-0.05, 0) is 116 Å². The molecule has 1 aliphatic rings. The number of nitrogens with one attached hydrogen (secondary N) is 1. The van der Waals surface area contributed by atoms with Gasteiger partial charge in [-0.2, -0.15) is 0 Å². The second kappa shape index (κ2) is 75.0. The Kier molecular flexibility index (Phi) is 71.1. The maximum atomic E-state index is 13.1. The number of esters is 1. The lowest BCUT2D eigenvalue weighted by molar-refractivity contribution is -0.302. The van der Waals surface area contributed by atoms with E-state index < -0.39 is 49.5 Å². The minimum atomic E-state index is -1.58. The molecule has 0 saturated carbocycles. The third kappa shape index (κ3) is 62.6. The molecule has 7 atom stereocenters. The number of aliphatic hydroxyl groups is 5. The van der Waals surface area contributed by atoms with E-state index >= 15 is 0 Å². The molecule has 0 bridgehead atoms. The molecule has 1 fully saturated rings. The van der Waals surface area contributed by atoms with Crippen LogP contribution in [0.25, 0.3) is 0 Å². The first-order valence-electron chi connectivity index (χ1n) is 41.9. The number of hydrogen-bond donors (Lipinski definition) is 6. The molecule has 0 aromatic heterocycles. The van der Waals surface area contributed by atoms with Gasteiger partial charge in [0.2, 0.25) is 5.91 Å². The highest BCUT2D eigenvalue weighted by molar-refractivity contribution is 5.76. The Morgan fingerprint density at radius 1 is 0.378 bits per heavy atom. The lowest BCUT2D eigenvalue weighted by atomic mass is 9.99. The first kappa shape index (κ1) is 92.9. The van der Waals surface area contributed by atoms with Crippen molar-refractivity contribution in [1.82, 2.24) is 5.32 Å². The zero-order valence-corrected chi connectivity index (χ0v) is 63.7. The van der Waals surface area contributed by atoms with Gasteiger partial charge in [0, 0.05) is 12.8 Å². The molecule has 1 rings (SSSR count). The van der Waals surface area contributed by atoms with Crippen molar-refractivity contribution >= 4 is 11.9 Å². The molecular weight excluding hydrogens is 1220 g/mol. The molecule has 7 unspecified atom stereocenters. The van der Waals surface area contributed by atoms with Crippen LogP contribution in [-0.4, -0.2) is 100 Å². The lowest BCUT2D eigenvalue weighted by Crippen LogP contribution is -2.60. The number of unbranched alkanes of at least 4 members (excludes halogenated alkanes) is 48. The molecule has 11 nitrogen and oxygen atoms in total. The summed E-state index contributed by atoms with van der Waals surface area (Å²) in [6.45, 7) is 4.29. The fourth-order valence-electron chi connectivity index (χ4n) is 12.9. The van der Waals surface area contributed by atoms with Crippen LogP contribution >= 0.6 is 0 Å². The molecule has 1 amide bonds. The van der Waals surface area contributed by atoms with E-state index in [1.807, 2.05) is 6.08 Å². The highest BCUT2D eigenvalue weighted by Crippen LogP contribution is 2.24. The number of hydrogen-bond acceptors (Lipinski definition) is 10. The molecule has 98 heavy (non-hydrogen) atoms. The number of carbonyl (C=O) groups is 2. The van der Waals surface area contributed by atoms with Crippen molar-refractivity contribution in [1.29, 1.82) is 0 Å².